The Bertz CT molecular complexity index is 1180. The molecule has 4 rings (SSSR count). The van der Waals surface area contributed by atoms with Crippen LogP contribution in [-0.2, 0) is 0 Å². The average molecular weight is 446 g/mol. The minimum atomic E-state index is -4.79. The number of aromatic nitrogens is 1. The first-order valence-electron chi connectivity index (χ1n) is 8.98. The van der Waals surface area contributed by atoms with E-state index in [2.05, 4.69) is 10.1 Å². The highest BCUT2D eigenvalue weighted by Crippen LogP contribution is 2.35. The van der Waals surface area contributed by atoms with Gasteiger partial charge in [-0.25, -0.2) is 4.39 Å². The van der Waals surface area contributed by atoms with Crippen molar-refractivity contribution in [1.29, 1.82) is 0 Å². The summed E-state index contributed by atoms with van der Waals surface area (Å²) >= 11 is 1.21. The molecule has 4 aromatic rings. The molecule has 0 aliphatic rings. The number of carbonyl (C=O) groups excluding carboxylic acids is 1. The van der Waals surface area contributed by atoms with Gasteiger partial charge in [0.25, 0.3) is 5.91 Å². The van der Waals surface area contributed by atoms with Crippen molar-refractivity contribution in [1.82, 2.24) is 4.57 Å². The quantitative estimate of drug-likeness (QED) is 0.356. The third-order valence-corrected chi connectivity index (χ3v) is 5.30. The molecule has 0 aliphatic heterocycles. The van der Waals surface area contributed by atoms with Crippen LogP contribution in [-0.4, -0.2) is 16.8 Å². The van der Waals surface area contributed by atoms with Gasteiger partial charge < -0.3 is 14.6 Å². The smallest absolute Gasteiger partial charge is 0.406 e. The van der Waals surface area contributed by atoms with Crippen LogP contribution in [0.15, 0.2) is 78.4 Å². The zero-order valence-corrected chi connectivity index (χ0v) is 16.5. The Morgan fingerprint density at radius 1 is 0.968 bits per heavy atom. The Kier molecular flexibility index (Phi) is 5.51. The van der Waals surface area contributed by atoms with Gasteiger partial charge in [0.2, 0.25) is 0 Å². The van der Waals surface area contributed by atoms with Crippen molar-refractivity contribution in [2.75, 3.05) is 5.32 Å². The van der Waals surface area contributed by atoms with Crippen LogP contribution < -0.4 is 10.1 Å². The molecule has 1 amide bonds. The summed E-state index contributed by atoms with van der Waals surface area (Å²) in [4.78, 5) is 13.4. The number of thiophene rings is 1. The molecule has 0 saturated carbocycles. The molecule has 0 aliphatic carbocycles. The van der Waals surface area contributed by atoms with E-state index in [1.807, 2.05) is 12.1 Å². The van der Waals surface area contributed by atoms with Crippen molar-refractivity contribution in [2.24, 2.45) is 0 Å². The number of ether oxygens (including phenoxy) is 1. The maximum absolute atomic E-state index is 13.3. The van der Waals surface area contributed by atoms with Crippen molar-refractivity contribution in [3.63, 3.8) is 0 Å². The van der Waals surface area contributed by atoms with Crippen molar-refractivity contribution in [3.8, 4) is 22.6 Å². The van der Waals surface area contributed by atoms with Gasteiger partial charge in [0, 0.05) is 29.0 Å². The van der Waals surface area contributed by atoms with Crippen LogP contribution in [0.5, 0.6) is 5.75 Å². The molecule has 31 heavy (non-hydrogen) atoms. The Hall–Kier alpha value is -3.59. The normalized spacial score (nSPS) is 11.4. The Balaban J connectivity index is 1.63. The number of benzene rings is 2. The number of hydrogen-bond donors (Lipinski definition) is 1. The second kappa shape index (κ2) is 8.27. The highest BCUT2D eigenvalue weighted by Gasteiger charge is 2.31. The molecule has 1 N–H and O–H groups in total. The SMILES string of the molecule is O=C(Nc1ccc(OC(F)(F)F)cc1)c1scc(-c2ccc(F)cc2)c1-n1cccc1. The largest absolute Gasteiger partial charge is 0.573 e. The average Bonchev–Trinajstić information content (AvgIpc) is 3.38. The third kappa shape index (κ3) is 4.77. The molecule has 0 bridgehead atoms. The van der Waals surface area contributed by atoms with Crippen LogP contribution in [0.25, 0.3) is 16.8 Å². The second-order valence-electron chi connectivity index (χ2n) is 6.45. The lowest BCUT2D eigenvalue weighted by molar-refractivity contribution is -0.274. The molecule has 0 unspecified atom stereocenters. The minimum Gasteiger partial charge on any atom is -0.406 e. The van der Waals surface area contributed by atoms with Gasteiger partial charge in [0.05, 0.1) is 5.69 Å². The lowest BCUT2D eigenvalue weighted by Gasteiger charge is -2.11. The van der Waals surface area contributed by atoms with Crippen LogP contribution in [0, 0.1) is 5.82 Å². The van der Waals surface area contributed by atoms with Crippen LogP contribution in [0.2, 0.25) is 0 Å². The van der Waals surface area contributed by atoms with Crippen molar-refractivity contribution < 1.29 is 27.1 Å². The number of amides is 1. The standard InChI is InChI=1S/C22H14F4N2O2S/c23-15-5-3-14(4-6-15)18-13-31-20(19(18)28-11-1-2-12-28)21(29)27-16-7-9-17(10-8-16)30-22(24,25)26/h1-13H,(H,27,29). The number of halogens is 4. The molecule has 0 radical (unpaired) electrons. The highest BCUT2D eigenvalue weighted by molar-refractivity contribution is 7.13. The zero-order valence-electron chi connectivity index (χ0n) is 15.7. The van der Waals surface area contributed by atoms with Gasteiger partial charge in [-0.3, -0.25) is 4.79 Å². The predicted octanol–water partition coefficient (Wildman–Crippen LogP) is 6.50. The number of rotatable bonds is 5. The zero-order chi connectivity index (χ0) is 22.0. The molecule has 158 valence electrons. The number of carbonyl (C=O) groups is 1. The maximum Gasteiger partial charge on any atom is 0.573 e. The van der Waals surface area contributed by atoms with Crippen molar-refractivity contribution >= 4 is 22.9 Å². The molecule has 2 aromatic carbocycles. The Morgan fingerprint density at radius 2 is 1.61 bits per heavy atom. The fraction of sp³-hybridized carbons (Fsp3) is 0.0455. The van der Waals surface area contributed by atoms with Gasteiger partial charge in [-0.2, -0.15) is 0 Å². The van der Waals surface area contributed by atoms with E-state index >= 15 is 0 Å². The third-order valence-electron chi connectivity index (χ3n) is 4.33. The number of nitrogens with one attached hydrogen (secondary N) is 1. The van der Waals surface area contributed by atoms with Crippen LogP contribution in [0.3, 0.4) is 0 Å². The van der Waals surface area contributed by atoms with Crippen molar-refractivity contribution in [2.45, 2.75) is 6.36 Å². The van der Waals surface area contributed by atoms with Gasteiger partial charge in [-0.15, -0.1) is 24.5 Å². The maximum atomic E-state index is 13.3. The lowest BCUT2D eigenvalue weighted by atomic mass is 10.1. The summed E-state index contributed by atoms with van der Waals surface area (Å²) in [5.41, 5.74) is 2.43. The summed E-state index contributed by atoms with van der Waals surface area (Å²) < 4.78 is 55.9. The molecule has 0 spiro atoms. The van der Waals surface area contributed by atoms with E-state index in [1.54, 1.807) is 34.5 Å². The molecule has 2 heterocycles. The van der Waals surface area contributed by atoms with Gasteiger partial charge in [-0.05, 0) is 54.1 Å². The van der Waals surface area contributed by atoms with Crippen molar-refractivity contribution in [3.05, 3.63) is 89.1 Å². The van der Waals surface area contributed by atoms with Crippen LogP contribution in [0.4, 0.5) is 23.2 Å². The van der Waals surface area contributed by atoms with E-state index in [9.17, 15) is 22.4 Å². The Labute approximate surface area is 178 Å². The van der Waals surface area contributed by atoms with E-state index in [0.29, 0.717) is 16.3 Å². The number of nitrogens with zero attached hydrogens (tertiary/aromatic N) is 1. The number of alkyl halides is 3. The number of hydrogen-bond acceptors (Lipinski definition) is 3. The molecule has 0 atom stereocenters. The van der Waals surface area contributed by atoms with Crippen LogP contribution >= 0.6 is 11.3 Å². The highest BCUT2D eigenvalue weighted by atomic mass is 32.1. The number of anilines is 1. The first-order chi connectivity index (χ1) is 14.8. The summed E-state index contributed by atoms with van der Waals surface area (Å²) in [6.45, 7) is 0. The van der Waals surface area contributed by atoms with E-state index in [0.717, 1.165) is 23.3 Å². The van der Waals surface area contributed by atoms with E-state index < -0.39 is 12.3 Å². The second-order valence-corrected chi connectivity index (χ2v) is 7.33. The molecular weight excluding hydrogens is 432 g/mol. The van der Waals surface area contributed by atoms with Crippen LogP contribution in [0.1, 0.15) is 9.67 Å². The first kappa shape index (κ1) is 20.7. The predicted molar refractivity (Wildman–Crippen MR) is 110 cm³/mol. The summed E-state index contributed by atoms with van der Waals surface area (Å²) in [7, 11) is 0. The molecular formula is C22H14F4N2O2S. The summed E-state index contributed by atoms with van der Waals surface area (Å²) in [6.07, 6.45) is -1.21. The molecule has 0 fully saturated rings. The van der Waals surface area contributed by atoms with E-state index in [4.69, 9.17) is 0 Å². The molecule has 0 saturated heterocycles. The summed E-state index contributed by atoms with van der Waals surface area (Å²) in [6, 6.07) is 14.5. The van der Waals surface area contributed by atoms with E-state index in [1.165, 1.54) is 35.6 Å². The van der Waals surface area contributed by atoms with E-state index in [-0.39, 0.29) is 11.6 Å². The molecule has 9 heteroatoms. The fourth-order valence-corrected chi connectivity index (χ4v) is 3.98. The van der Waals surface area contributed by atoms with Gasteiger partial charge in [0.15, 0.2) is 0 Å². The fourth-order valence-electron chi connectivity index (χ4n) is 3.01. The van der Waals surface area contributed by atoms with Gasteiger partial charge in [0.1, 0.15) is 16.4 Å². The van der Waals surface area contributed by atoms with Gasteiger partial charge in [-0.1, -0.05) is 12.1 Å². The minimum absolute atomic E-state index is 0.315. The van der Waals surface area contributed by atoms with Gasteiger partial charge >= 0.3 is 6.36 Å². The lowest BCUT2D eigenvalue weighted by Crippen LogP contribution is -2.17. The monoisotopic (exact) mass is 446 g/mol. The molecule has 4 nitrogen and oxygen atoms in total. The first-order valence-corrected chi connectivity index (χ1v) is 9.86. The summed E-state index contributed by atoms with van der Waals surface area (Å²) in [5, 5.41) is 4.49. The Morgan fingerprint density at radius 3 is 2.23 bits per heavy atom. The summed E-state index contributed by atoms with van der Waals surface area (Å²) in [5.74, 6) is -1.17. The topological polar surface area (TPSA) is 43.3 Å². The molecule has 2 aromatic heterocycles.